The molecule has 0 unspecified atom stereocenters. The minimum Gasteiger partial charge on any atom is -0.348 e. The van der Waals surface area contributed by atoms with E-state index in [9.17, 15) is 9.59 Å². The maximum absolute atomic E-state index is 11.8. The summed E-state index contributed by atoms with van der Waals surface area (Å²) in [6, 6.07) is 13.7. The number of ether oxygens (including phenoxy) is 2. The van der Waals surface area contributed by atoms with Crippen molar-refractivity contribution in [2.45, 2.75) is 12.8 Å². The molecule has 1 aliphatic rings. The quantitative estimate of drug-likeness (QED) is 0.570. The van der Waals surface area contributed by atoms with Gasteiger partial charge in [0.25, 0.3) is 5.56 Å². The molecule has 0 aromatic carbocycles. The minimum atomic E-state index is -0.335. The summed E-state index contributed by atoms with van der Waals surface area (Å²) in [5.74, 6) is 0. The van der Waals surface area contributed by atoms with Crippen LogP contribution in [0.5, 0.6) is 0 Å². The summed E-state index contributed by atoms with van der Waals surface area (Å²) in [5, 5.41) is 0. The lowest BCUT2D eigenvalue weighted by atomic mass is 10.3. The monoisotopic (exact) mass is 378 g/mol. The Kier molecular flexibility index (Phi) is 5.22. The van der Waals surface area contributed by atoms with Gasteiger partial charge in [-0.25, -0.2) is 0 Å². The average Bonchev–Trinajstić information content (AvgIpc) is 3.24. The molecule has 1 fully saturated rings. The van der Waals surface area contributed by atoms with Crippen molar-refractivity contribution in [3.8, 4) is 0 Å². The van der Waals surface area contributed by atoms with Crippen molar-refractivity contribution in [1.29, 1.82) is 0 Å². The molecule has 0 spiro atoms. The van der Waals surface area contributed by atoms with Crippen molar-refractivity contribution in [2.24, 2.45) is 0 Å². The number of H-pyrrole nitrogens is 1. The number of pyridine rings is 4. The van der Waals surface area contributed by atoms with Crippen LogP contribution in [0.1, 0.15) is 0 Å². The first-order valence-corrected chi connectivity index (χ1v) is 8.82. The third kappa shape index (κ3) is 3.98. The molecule has 0 aliphatic carbocycles. The van der Waals surface area contributed by atoms with Crippen LogP contribution in [0.2, 0.25) is 0 Å². The average molecular weight is 378 g/mol. The molecular weight excluding hydrogens is 360 g/mol. The van der Waals surface area contributed by atoms with Crippen LogP contribution >= 0.6 is 0 Å². The first-order chi connectivity index (χ1) is 13.7. The second kappa shape index (κ2) is 8.12. The Balaban J connectivity index is 0.000000151. The summed E-state index contributed by atoms with van der Waals surface area (Å²) >= 11 is 0. The molecule has 1 aliphatic heterocycles. The molecule has 8 nitrogen and oxygen atoms in total. The van der Waals surface area contributed by atoms with Gasteiger partial charge in [-0.3, -0.25) is 19.6 Å². The lowest BCUT2D eigenvalue weighted by Crippen LogP contribution is -2.27. The van der Waals surface area contributed by atoms with Crippen LogP contribution in [0.15, 0.2) is 70.5 Å². The van der Waals surface area contributed by atoms with Crippen molar-refractivity contribution in [1.82, 2.24) is 19.5 Å². The number of hydrogen-bond acceptors (Lipinski definition) is 6. The van der Waals surface area contributed by atoms with Gasteiger partial charge in [0.2, 0.25) is 5.56 Å². The number of hydrogen-bond donors (Lipinski definition) is 1. The zero-order chi connectivity index (χ0) is 19.3. The number of rotatable bonds is 2. The molecule has 5 heterocycles. The fourth-order valence-corrected chi connectivity index (χ4v) is 2.96. The lowest BCUT2D eigenvalue weighted by Gasteiger charge is -2.13. The summed E-state index contributed by atoms with van der Waals surface area (Å²) < 4.78 is 12.4. The molecule has 0 bridgehead atoms. The van der Waals surface area contributed by atoms with Gasteiger partial charge in [-0.05, 0) is 36.4 Å². The Hall–Kier alpha value is -3.36. The maximum atomic E-state index is 11.8. The van der Waals surface area contributed by atoms with E-state index >= 15 is 0 Å². The number of nitrogens with zero attached hydrogens (tertiary/aromatic N) is 3. The Bertz CT molecular complexity index is 1210. The normalized spacial score (nSPS) is 14.1. The molecule has 0 amide bonds. The summed E-state index contributed by atoms with van der Waals surface area (Å²) in [6.07, 6.45) is 3.07. The highest BCUT2D eigenvalue weighted by Gasteiger charge is 2.17. The van der Waals surface area contributed by atoms with E-state index in [1.54, 1.807) is 35.2 Å². The summed E-state index contributed by atoms with van der Waals surface area (Å²) in [7, 11) is 0. The molecule has 0 saturated carbocycles. The van der Waals surface area contributed by atoms with Crippen LogP contribution in [-0.2, 0) is 16.0 Å². The van der Waals surface area contributed by atoms with Crippen LogP contribution < -0.4 is 11.1 Å². The molecule has 1 saturated heterocycles. The lowest BCUT2D eigenvalue weighted by molar-refractivity contribution is -0.0522. The third-order valence-electron chi connectivity index (χ3n) is 4.27. The molecule has 5 rings (SSSR count). The number of aromatic nitrogens is 4. The standard InChI is InChI=1S/C12H12N2O3.C8H6N2O/c15-11-4-3-9-10(2-1-5-13-9)14(11)8-12-16-6-7-17-12;11-8-4-3-6-7(10-8)2-1-5-9-6/h1-5,12H,6-8H2;1-5H,(H,10,11). The summed E-state index contributed by atoms with van der Waals surface area (Å²) in [6.45, 7) is 1.58. The van der Waals surface area contributed by atoms with Crippen LogP contribution in [0, 0.1) is 0 Å². The van der Waals surface area contributed by atoms with Crippen molar-refractivity contribution in [2.75, 3.05) is 13.2 Å². The highest BCUT2D eigenvalue weighted by molar-refractivity contribution is 5.74. The smallest absolute Gasteiger partial charge is 0.251 e. The van der Waals surface area contributed by atoms with E-state index in [1.807, 2.05) is 18.2 Å². The molecule has 0 atom stereocenters. The Labute approximate surface area is 159 Å². The van der Waals surface area contributed by atoms with E-state index in [4.69, 9.17) is 9.47 Å². The largest absolute Gasteiger partial charge is 0.348 e. The van der Waals surface area contributed by atoms with E-state index in [1.165, 1.54) is 12.1 Å². The fourth-order valence-electron chi connectivity index (χ4n) is 2.96. The van der Waals surface area contributed by atoms with Crippen LogP contribution in [-0.4, -0.2) is 39.0 Å². The van der Waals surface area contributed by atoms with Crippen molar-refractivity contribution in [3.05, 3.63) is 81.6 Å². The van der Waals surface area contributed by atoms with Crippen molar-refractivity contribution in [3.63, 3.8) is 0 Å². The van der Waals surface area contributed by atoms with Gasteiger partial charge in [0.1, 0.15) is 0 Å². The molecular formula is C20H18N4O4. The van der Waals surface area contributed by atoms with Crippen molar-refractivity contribution >= 4 is 22.1 Å². The van der Waals surface area contributed by atoms with E-state index < -0.39 is 0 Å². The minimum absolute atomic E-state index is 0.0652. The summed E-state index contributed by atoms with van der Waals surface area (Å²) in [4.78, 5) is 33.6. The maximum Gasteiger partial charge on any atom is 0.251 e. The number of fused-ring (bicyclic) bond motifs is 2. The Morgan fingerprint density at radius 3 is 2.46 bits per heavy atom. The van der Waals surface area contributed by atoms with Crippen LogP contribution in [0.25, 0.3) is 22.1 Å². The van der Waals surface area contributed by atoms with Gasteiger partial charge in [0.05, 0.1) is 41.8 Å². The highest BCUT2D eigenvalue weighted by Crippen LogP contribution is 2.11. The molecule has 0 radical (unpaired) electrons. The van der Waals surface area contributed by atoms with Crippen LogP contribution in [0.3, 0.4) is 0 Å². The number of nitrogens with one attached hydrogen (secondary N) is 1. The van der Waals surface area contributed by atoms with Gasteiger partial charge in [-0.1, -0.05) is 0 Å². The molecule has 8 heteroatoms. The van der Waals surface area contributed by atoms with E-state index in [0.717, 1.165) is 22.1 Å². The second-order valence-corrected chi connectivity index (χ2v) is 6.12. The predicted molar refractivity (Wildman–Crippen MR) is 104 cm³/mol. The Morgan fingerprint density at radius 2 is 1.64 bits per heavy atom. The van der Waals surface area contributed by atoms with Gasteiger partial charge in [0.15, 0.2) is 6.29 Å². The molecule has 4 aromatic heterocycles. The molecule has 28 heavy (non-hydrogen) atoms. The van der Waals surface area contributed by atoms with Gasteiger partial charge >= 0.3 is 0 Å². The Morgan fingerprint density at radius 1 is 0.929 bits per heavy atom. The zero-order valence-corrected chi connectivity index (χ0v) is 14.9. The summed E-state index contributed by atoms with van der Waals surface area (Å²) in [5.41, 5.74) is 3.03. The van der Waals surface area contributed by atoms with E-state index in [2.05, 4.69) is 15.0 Å². The van der Waals surface area contributed by atoms with Crippen LogP contribution in [0.4, 0.5) is 0 Å². The van der Waals surface area contributed by atoms with E-state index in [-0.39, 0.29) is 17.4 Å². The highest BCUT2D eigenvalue weighted by atomic mass is 16.7. The van der Waals surface area contributed by atoms with Gasteiger partial charge in [-0.15, -0.1) is 0 Å². The van der Waals surface area contributed by atoms with Gasteiger partial charge < -0.3 is 19.0 Å². The predicted octanol–water partition coefficient (Wildman–Crippen LogP) is 1.69. The van der Waals surface area contributed by atoms with Gasteiger partial charge in [-0.2, -0.15) is 0 Å². The second-order valence-electron chi connectivity index (χ2n) is 6.12. The van der Waals surface area contributed by atoms with Crippen molar-refractivity contribution < 1.29 is 9.47 Å². The number of aromatic amines is 1. The SMILES string of the molecule is O=c1ccc2ncccc2[nH]1.O=c1ccc2ncccc2n1CC1OCCO1. The molecule has 4 aromatic rings. The topological polar surface area (TPSA) is 99.1 Å². The first kappa shape index (κ1) is 18.0. The first-order valence-electron chi connectivity index (χ1n) is 8.82. The van der Waals surface area contributed by atoms with Gasteiger partial charge in [0, 0.05) is 24.5 Å². The molecule has 1 N–H and O–H groups in total. The zero-order valence-electron chi connectivity index (χ0n) is 14.9. The molecule has 142 valence electrons. The van der Waals surface area contributed by atoms with E-state index in [0.29, 0.717) is 19.8 Å². The third-order valence-corrected chi connectivity index (χ3v) is 4.27. The fraction of sp³-hybridized carbons (Fsp3) is 0.200.